The molecule has 26 heavy (non-hydrogen) atoms. The Kier molecular flexibility index (Phi) is 4.76. The average molecular weight is 356 g/mol. The number of carbonyl (C=O) groups is 1. The quantitative estimate of drug-likeness (QED) is 0.915. The van der Waals surface area contributed by atoms with E-state index in [4.69, 9.17) is 0 Å². The fourth-order valence-electron chi connectivity index (χ4n) is 4.17. The zero-order valence-corrected chi connectivity index (χ0v) is 15.1. The molecule has 1 aromatic heterocycles. The number of likely N-dealkylation sites (tertiary alicyclic amines) is 2. The van der Waals surface area contributed by atoms with Gasteiger partial charge in [0.25, 0.3) is 0 Å². The summed E-state index contributed by atoms with van der Waals surface area (Å²) in [6, 6.07) is 7.55. The molecule has 5 nitrogen and oxygen atoms in total. The third kappa shape index (κ3) is 3.38. The highest BCUT2D eigenvalue weighted by molar-refractivity contribution is 5.91. The Morgan fingerprint density at radius 3 is 3.00 bits per heavy atom. The molecule has 4 rings (SSSR count). The summed E-state index contributed by atoms with van der Waals surface area (Å²) in [5, 5.41) is 4.32. The minimum atomic E-state index is -0.301. The molecule has 0 radical (unpaired) electrons. The Balaban J connectivity index is 1.39. The van der Waals surface area contributed by atoms with E-state index in [2.05, 4.69) is 22.1 Å². The van der Waals surface area contributed by atoms with E-state index in [0.717, 1.165) is 50.0 Å². The van der Waals surface area contributed by atoms with Crippen LogP contribution in [0.2, 0.25) is 0 Å². The molecular formula is C20H25FN4O. The van der Waals surface area contributed by atoms with E-state index in [1.165, 1.54) is 6.07 Å². The van der Waals surface area contributed by atoms with Crippen molar-refractivity contribution < 1.29 is 9.18 Å². The molecule has 0 aliphatic carbocycles. The van der Waals surface area contributed by atoms with E-state index in [1.54, 1.807) is 12.3 Å². The summed E-state index contributed by atoms with van der Waals surface area (Å²) in [7, 11) is 0. The van der Waals surface area contributed by atoms with E-state index in [0.29, 0.717) is 18.1 Å². The van der Waals surface area contributed by atoms with E-state index < -0.39 is 0 Å². The van der Waals surface area contributed by atoms with Crippen LogP contribution in [-0.2, 0) is 4.79 Å². The number of carbonyl (C=O) groups excluding carboxylic acids is 1. The second kappa shape index (κ2) is 7.19. The first-order chi connectivity index (χ1) is 12.6. The summed E-state index contributed by atoms with van der Waals surface area (Å²) >= 11 is 0. The molecule has 138 valence electrons. The highest BCUT2D eigenvalue weighted by Crippen LogP contribution is 2.26. The first-order valence-electron chi connectivity index (χ1n) is 9.43. The third-order valence-corrected chi connectivity index (χ3v) is 5.59. The molecule has 0 bridgehead atoms. The number of pyridine rings is 1. The second-order valence-electron chi connectivity index (χ2n) is 7.44. The molecule has 2 atom stereocenters. The van der Waals surface area contributed by atoms with Gasteiger partial charge in [-0.3, -0.25) is 14.7 Å². The normalized spacial score (nSPS) is 23.7. The van der Waals surface area contributed by atoms with Gasteiger partial charge in [0.2, 0.25) is 5.91 Å². The van der Waals surface area contributed by atoms with Gasteiger partial charge in [-0.25, -0.2) is 4.39 Å². The van der Waals surface area contributed by atoms with Gasteiger partial charge in [0.05, 0.1) is 6.54 Å². The molecule has 1 amide bonds. The number of nitrogens with one attached hydrogen (secondary N) is 1. The van der Waals surface area contributed by atoms with Crippen molar-refractivity contribution >= 4 is 22.5 Å². The van der Waals surface area contributed by atoms with Crippen molar-refractivity contribution in [1.29, 1.82) is 0 Å². The summed E-state index contributed by atoms with van der Waals surface area (Å²) in [5.74, 6) is -0.0587. The van der Waals surface area contributed by atoms with E-state index in [1.807, 2.05) is 17.0 Å². The van der Waals surface area contributed by atoms with Crippen LogP contribution in [0.25, 0.3) is 10.9 Å². The molecule has 2 aliphatic heterocycles. The van der Waals surface area contributed by atoms with E-state index in [-0.39, 0.29) is 17.8 Å². The summed E-state index contributed by atoms with van der Waals surface area (Å²) in [5.41, 5.74) is 1.30. The van der Waals surface area contributed by atoms with E-state index >= 15 is 0 Å². The minimum Gasteiger partial charge on any atom is -0.380 e. The number of fused-ring (bicyclic) bond motifs is 1. The number of aromatic nitrogens is 1. The van der Waals surface area contributed by atoms with Gasteiger partial charge >= 0.3 is 0 Å². The number of anilines is 1. The highest BCUT2D eigenvalue weighted by atomic mass is 19.1. The predicted molar refractivity (Wildman–Crippen MR) is 101 cm³/mol. The Morgan fingerprint density at radius 2 is 2.19 bits per heavy atom. The Labute approximate surface area is 153 Å². The summed E-state index contributed by atoms with van der Waals surface area (Å²) in [6.07, 6.45) is 4.84. The van der Waals surface area contributed by atoms with Crippen LogP contribution in [0.5, 0.6) is 0 Å². The van der Waals surface area contributed by atoms with Gasteiger partial charge < -0.3 is 10.2 Å². The number of para-hydroxylation sites is 1. The van der Waals surface area contributed by atoms with Gasteiger partial charge in [0.15, 0.2) is 0 Å². The van der Waals surface area contributed by atoms with Crippen LogP contribution in [0.15, 0.2) is 30.5 Å². The van der Waals surface area contributed by atoms with Crippen molar-refractivity contribution in [2.75, 3.05) is 31.5 Å². The summed E-state index contributed by atoms with van der Waals surface area (Å²) in [4.78, 5) is 20.9. The molecule has 1 N–H and O–H groups in total. The van der Waals surface area contributed by atoms with Crippen molar-refractivity contribution in [3.05, 3.63) is 36.3 Å². The molecule has 6 heteroatoms. The minimum absolute atomic E-state index is 0.243. The van der Waals surface area contributed by atoms with Crippen molar-refractivity contribution in [3.8, 4) is 0 Å². The molecule has 2 aromatic rings. The fraction of sp³-hybridized carbons (Fsp3) is 0.500. The number of amides is 1. The molecule has 1 aromatic carbocycles. The van der Waals surface area contributed by atoms with Gasteiger partial charge in [-0.2, -0.15) is 0 Å². The van der Waals surface area contributed by atoms with Crippen LogP contribution in [0.4, 0.5) is 10.1 Å². The smallest absolute Gasteiger partial charge is 0.236 e. The van der Waals surface area contributed by atoms with Gasteiger partial charge in [0, 0.05) is 49.0 Å². The molecule has 2 saturated heterocycles. The standard InChI is InChI=1S/C20H25FN4O/c1-14-4-3-10-25(14)19(26)13-24-11-8-15(12-24)23-18-7-9-22-20-16(18)5-2-6-17(20)21/h2,5-7,9,14-15H,3-4,8,10-13H2,1H3,(H,22,23)/t14-,15-/m1/s1. The molecule has 2 fully saturated rings. The maximum absolute atomic E-state index is 13.9. The first kappa shape index (κ1) is 17.2. The lowest BCUT2D eigenvalue weighted by Gasteiger charge is -2.24. The van der Waals surface area contributed by atoms with Crippen LogP contribution in [0, 0.1) is 5.82 Å². The predicted octanol–water partition coefficient (Wildman–Crippen LogP) is 2.87. The zero-order chi connectivity index (χ0) is 18.1. The number of nitrogens with zero attached hydrogens (tertiary/aromatic N) is 3. The third-order valence-electron chi connectivity index (χ3n) is 5.59. The SMILES string of the molecule is C[C@@H]1CCCN1C(=O)CN1CC[C@@H](Nc2ccnc3c(F)cccc23)C1. The van der Waals surface area contributed by atoms with Crippen LogP contribution >= 0.6 is 0 Å². The zero-order valence-electron chi connectivity index (χ0n) is 15.1. The second-order valence-corrected chi connectivity index (χ2v) is 7.44. The monoisotopic (exact) mass is 356 g/mol. The maximum atomic E-state index is 13.9. The maximum Gasteiger partial charge on any atom is 0.236 e. The van der Waals surface area contributed by atoms with Crippen LogP contribution < -0.4 is 5.32 Å². The average Bonchev–Trinajstić information content (AvgIpc) is 3.25. The van der Waals surface area contributed by atoms with Crippen molar-refractivity contribution in [2.24, 2.45) is 0 Å². The van der Waals surface area contributed by atoms with Crippen molar-refractivity contribution in [1.82, 2.24) is 14.8 Å². The number of hydrogen-bond acceptors (Lipinski definition) is 4. The number of halogens is 1. The number of benzene rings is 1. The molecule has 0 saturated carbocycles. The molecule has 3 heterocycles. The van der Waals surface area contributed by atoms with Crippen LogP contribution in [-0.4, -0.2) is 59.0 Å². The van der Waals surface area contributed by atoms with Crippen molar-refractivity contribution in [3.63, 3.8) is 0 Å². The van der Waals surface area contributed by atoms with Gasteiger partial charge in [-0.1, -0.05) is 12.1 Å². The Hall–Kier alpha value is -2.21. The number of rotatable bonds is 4. The lowest BCUT2D eigenvalue weighted by Crippen LogP contribution is -2.41. The highest BCUT2D eigenvalue weighted by Gasteiger charge is 2.29. The summed E-state index contributed by atoms with van der Waals surface area (Å²) in [6.45, 7) is 5.25. The van der Waals surface area contributed by atoms with Crippen LogP contribution in [0.3, 0.4) is 0 Å². The first-order valence-corrected chi connectivity index (χ1v) is 9.43. The van der Waals surface area contributed by atoms with Crippen molar-refractivity contribution in [2.45, 2.75) is 38.3 Å². The molecular weight excluding hydrogens is 331 g/mol. The molecule has 0 spiro atoms. The molecule has 0 unspecified atom stereocenters. The fourth-order valence-corrected chi connectivity index (χ4v) is 4.17. The van der Waals surface area contributed by atoms with Gasteiger partial charge in [-0.05, 0) is 38.3 Å². The number of hydrogen-bond donors (Lipinski definition) is 1. The topological polar surface area (TPSA) is 48.5 Å². The summed E-state index contributed by atoms with van der Waals surface area (Å²) < 4.78 is 13.9. The lowest BCUT2D eigenvalue weighted by atomic mass is 10.1. The largest absolute Gasteiger partial charge is 0.380 e. The Bertz CT molecular complexity index is 811. The lowest BCUT2D eigenvalue weighted by molar-refractivity contribution is -0.132. The van der Waals surface area contributed by atoms with Gasteiger partial charge in [-0.15, -0.1) is 0 Å². The molecule has 2 aliphatic rings. The Morgan fingerprint density at radius 1 is 1.31 bits per heavy atom. The van der Waals surface area contributed by atoms with Crippen LogP contribution in [0.1, 0.15) is 26.2 Å². The van der Waals surface area contributed by atoms with Gasteiger partial charge in [0.1, 0.15) is 11.3 Å². The van der Waals surface area contributed by atoms with E-state index in [9.17, 15) is 9.18 Å².